The average Bonchev–Trinajstić information content (AvgIpc) is 1.72. The van der Waals surface area contributed by atoms with Gasteiger partial charge in [-0.2, -0.15) is 0 Å². The fourth-order valence-corrected chi connectivity index (χ4v) is 0.406. The van der Waals surface area contributed by atoms with Gasteiger partial charge in [-0.3, -0.25) is 0 Å². The summed E-state index contributed by atoms with van der Waals surface area (Å²) in [7, 11) is 0. The van der Waals surface area contributed by atoms with Crippen LogP contribution in [0.25, 0.3) is 0 Å². The summed E-state index contributed by atoms with van der Waals surface area (Å²) in [6.07, 6.45) is 9.08. The van der Waals surface area contributed by atoms with Crippen molar-refractivity contribution in [3.63, 3.8) is 0 Å². The largest absolute Gasteiger partial charge is 0.368 e. The van der Waals surface area contributed by atoms with Crippen LogP contribution in [0.4, 0.5) is 0 Å². The number of hydrogen-bond acceptors (Lipinski definition) is 1. The van der Waals surface area contributed by atoms with Crippen molar-refractivity contribution in [3.05, 3.63) is 24.6 Å². The molecule has 40 valence electrons. The molecule has 1 nitrogen and oxygen atoms in total. The van der Waals surface area contributed by atoms with E-state index < -0.39 is 0 Å². The minimum Gasteiger partial charge on any atom is -0.368 e. The van der Waals surface area contributed by atoms with Crippen molar-refractivity contribution in [2.75, 3.05) is 0 Å². The molecule has 1 aliphatic heterocycles. The predicted molar refractivity (Wildman–Crippen MR) is 36.4 cm³/mol. The summed E-state index contributed by atoms with van der Waals surface area (Å²) in [5.74, 6) is 0. The summed E-state index contributed by atoms with van der Waals surface area (Å²) < 4.78 is 0. The van der Waals surface area contributed by atoms with Gasteiger partial charge in [0.15, 0.2) is 0 Å². The molecular formula is C5H8BrN. The van der Waals surface area contributed by atoms with E-state index in [1.807, 2.05) is 12.4 Å². The van der Waals surface area contributed by atoms with E-state index in [1.165, 1.54) is 0 Å². The Hall–Kier alpha value is -0.240. The molecule has 7 heavy (non-hydrogen) atoms. The standard InChI is InChI=1S/C5H7N.BrH/c1-2-4-6-5-3-1;/h2-6H,1H2;1H. The van der Waals surface area contributed by atoms with Crippen molar-refractivity contribution >= 4 is 17.0 Å². The number of rotatable bonds is 0. The first kappa shape index (κ1) is 6.76. The molecule has 2 heteroatoms. The van der Waals surface area contributed by atoms with Crippen LogP contribution in [0.2, 0.25) is 0 Å². The topological polar surface area (TPSA) is 12.0 Å². The van der Waals surface area contributed by atoms with Gasteiger partial charge in [-0.05, 0) is 18.8 Å². The van der Waals surface area contributed by atoms with Gasteiger partial charge in [-0.15, -0.1) is 17.0 Å². The van der Waals surface area contributed by atoms with Crippen LogP contribution >= 0.6 is 17.0 Å². The summed E-state index contributed by atoms with van der Waals surface area (Å²) in [5, 5.41) is 2.92. The summed E-state index contributed by atoms with van der Waals surface area (Å²) in [6.45, 7) is 0. The van der Waals surface area contributed by atoms with Gasteiger partial charge in [0.05, 0.1) is 0 Å². The molecule has 1 rings (SSSR count). The molecule has 0 fully saturated rings. The van der Waals surface area contributed by atoms with Crippen molar-refractivity contribution in [2.45, 2.75) is 6.42 Å². The lowest BCUT2D eigenvalue weighted by molar-refractivity contribution is 1.11. The number of dihydropyridines is 1. The number of nitrogens with one attached hydrogen (secondary N) is 1. The molecule has 0 saturated heterocycles. The lowest BCUT2D eigenvalue weighted by atomic mass is 10.4. The Morgan fingerprint density at radius 2 is 1.71 bits per heavy atom. The SMILES string of the molecule is Br.C1=CNC=CC1. The predicted octanol–water partition coefficient (Wildman–Crippen LogP) is 1.58. The van der Waals surface area contributed by atoms with Crippen LogP contribution in [0.3, 0.4) is 0 Å². The summed E-state index contributed by atoms with van der Waals surface area (Å²) >= 11 is 0. The number of halogens is 1. The quantitative estimate of drug-likeness (QED) is 0.570. The van der Waals surface area contributed by atoms with E-state index in [9.17, 15) is 0 Å². The van der Waals surface area contributed by atoms with E-state index in [4.69, 9.17) is 0 Å². The van der Waals surface area contributed by atoms with Gasteiger partial charge in [-0.1, -0.05) is 12.2 Å². The lowest BCUT2D eigenvalue weighted by Gasteiger charge is -1.92. The van der Waals surface area contributed by atoms with Gasteiger partial charge < -0.3 is 5.32 Å². The molecule has 0 amide bonds. The molecule has 1 aliphatic rings. The fraction of sp³-hybridized carbons (Fsp3) is 0.200. The van der Waals surface area contributed by atoms with Crippen molar-refractivity contribution < 1.29 is 0 Å². The molecule has 0 atom stereocenters. The Labute approximate surface area is 53.9 Å². The first-order valence-corrected chi connectivity index (χ1v) is 2.06. The van der Waals surface area contributed by atoms with Crippen LogP contribution < -0.4 is 5.32 Å². The van der Waals surface area contributed by atoms with E-state index in [0.717, 1.165) is 6.42 Å². The van der Waals surface area contributed by atoms with E-state index >= 15 is 0 Å². The third kappa shape index (κ3) is 2.45. The van der Waals surface area contributed by atoms with Crippen LogP contribution in [0.5, 0.6) is 0 Å². The maximum Gasteiger partial charge on any atom is -0.00326 e. The summed E-state index contributed by atoms with van der Waals surface area (Å²) in [6, 6.07) is 0. The Kier molecular flexibility index (Phi) is 3.80. The zero-order valence-electron chi connectivity index (χ0n) is 3.92. The number of hydrogen-bond donors (Lipinski definition) is 1. The molecule has 0 aromatic rings. The van der Waals surface area contributed by atoms with Gasteiger partial charge in [0.25, 0.3) is 0 Å². The van der Waals surface area contributed by atoms with Gasteiger partial charge in [-0.25, -0.2) is 0 Å². The Bertz CT molecular complexity index is 66.1. The number of allylic oxidation sites excluding steroid dienone is 2. The van der Waals surface area contributed by atoms with Crippen LogP contribution in [-0.4, -0.2) is 0 Å². The van der Waals surface area contributed by atoms with Gasteiger partial charge in [0.1, 0.15) is 0 Å². The zero-order valence-corrected chi connectivity index (χ0v) is 5.64. The molecule has 0 saturated carbocycles. The second kappa shape index (κ2) is 3.93. The highest BCUT2D eigenvalue weighted by molar-refractivity contribution is 8.93. The van der Waals surface area contributed by atoms with Crippen LogP contribution in [0.1, 0.15) is 6.42 Å². The molecule has 0 unspecified atom stereocenters. The van der Waals surface area contributed by atoms with E-state index in [-0.39, 0.29) is 17.0 Å². The monoisotopic (exact) mass is 161 g/mol. The highest BCUT2D eigenvalue weighted by atomic mass is 79.9. The van der Waals surface area contributed by atoms with E-state index in [0.29, 0.717) is 0 Å². The minimum atomic E-state index is 0. The highest BCUT2D eigenvalue weighted by Crippen LogP contribution is 1.86. The average molecular weight is 162 g/mol. The second-order valence-corrected chi connectivity index (χ2v) is 1.21. The van der Waals surface area contributed by atoms with Gasteiger partial charge in [0.2, 0.25) is 0 Å². The molecule has 0 aromatic carbocycles. The first-order chi connectivity index (χ1) is 3.00. The van der Waals surface area contributed by atoms with E-state index in [2.05, 4.69) is 17.5 Å². The molecule has 1 heterocycles. The van der Waals surface area contributed by atoms with Gasteiger partial charge in [0, 0.05) is 0 Å². The zero-order chi connectivity index (χ0) is 4.24. The fourth-order valence-electron chi connectivity index (χ4n) is 0.406. The molecule has 1 N–H and O–H groups in total. The van der Waals surface area contributed by atoms with Crippen molar-refractivity contribution in [1.29, 1.82) is 0 Å². The molecule has 0 bridgehead atoms. The molecular weight excluding hydrogens is 154 g/mol. The third-order valence-corrected chi connectivity index (χ3v) is 0.700. The maximum atomic E-state index is 2.92. The summed E-state index contributed by atoms with van der Waals surface area (Å²) in [4.78, 5) is 0. The first-order valence-electron chi connectivity index (χ1n) is 2.06. The smallest absolute Gasteiger partial charge is 0.00326 e. The minimum absolute atomic E-state index is 0. The lowest BCUT2D eigenvalue weighted by Crippen LogP contribution is -1.93. The van der Waals surface area contributed by atoms with Crippen molar-refractivity contribution in [3.8, 4) is 0 Å². The molecule has 0 aromatic heterocycles. The third-order valence-electron chi connectivity index (χ3n) is 0.700. The highest BCUT2D eigenvalue weighted by Gasteiger charge is 1.73. The molecule has 0 spiro atoms. The normalized spacial score (nSPS) is 14.9. The van der Waals surface area contributed by atoms with Crippen LogP contribution in [0.15, 0.2) is 24.6 Å². The molecule has 0 radical (unpaired) electrons. The van der Waals surface area contributed by atoms with Crippen molar-refractivity contribution in [1.82, 2.24) is 5.32 Å². The Morgan fingerprint density at radius 3 is 1.86 bits per heavy atom. The van der Waals surface area contributed by atoms with Crippen LogP contribution in [-0.2, 0) is 0 Å². The second-order valence-electron chi connectivity index (χ2n) is 1.21. The maximum absolute atomic E-state index is 2.92. The van der Waals surface area contributed by atoms with Gasteiger partial charge >= 0.3 is 0 Å². The van der Waals surface area contributed by atoms with E-state index in [1.54, 1.807) is 0 Å². The summed E-state index contributed by atoms with van der Waals surface area (Å²) in [5.41, 5.74) is 0. The van der Waals surface area contributed by atoms with Crippen molar-refractivity contribution in [2.24, 2.45) is 0 Å². The Balaban J connectivity index is 0.000000360. The Morgan fingerprint density at radius 1 is 1.14 bits per heavy atom. The van der Waals surface area contributed by atoms with Crippen LogP contribution in [0, 0.1) is 0 Å². The molecule has 0 aliphatic carbocycles.